The summed E-state index contributed by atoms with van der Waals surface area (Å²) in [4.78, 5) is 26.6. The van der Waals surface area contributed by atoms with Crippen LogP contribution in [-0.4, -0.2) is 42.7 Å². The Hall–Kier alpha value is -2.18. The second kappa shape index (κ2) is 11.0. The predicted molar refractivity (Wildman–Crippen MR) is 115 cm³/mol. The van der Waals surface area contributed by atoms with Crippen LogP contribution < -0.4 is 10.1 Å². The molecule has 2 aromatic rings. The predicted octanol–water partition coefficient (Wildman–Crippen LogP) is 3.75. The molecule has 0 aliphatic carbocycles. The van der Waals surface area contributed by atoms with Crippen molar-refractivity contribution in [1.29, 1.82) is 0 Å². The lowest BCUT2D eigenvalue weighted by Gasteiger charge is -2.28. The summed E-state index contributed by atoms with van der Waals surface area (Å²) in [5.74, 6) is 1.53. The lowest BCUT2D eigenvalue weighted by molar-refractivity contribution is -0.138. The van der Waals surface area contributed by atoms with Gasteiger partial charge in [-0.3, -0.25) is 9.59 Å². The zero-order valence-corrected chi connectivity index (χ0v) is 17.8. The Morgan fingerprint density at radius 3 is 2.29 bits per heavy atom. The van der Waals surface area contributed by atoms with Gasteiger partial charge in [0, 0.05) is 24.4 Å². The SMILES string of the molecule is CNC(=O)C(C)N(Cc1ccc(Cl)cc1)C(=O)CSCc1ccc(OC)cc1. The van der Waals surface area contributed by atoms with Gasteiger partial charge in [0.2, 0.25) is 11.8 Å². The van der Waals surface area contributed by atoms with Crippen LogP contribution in [0.5, 0.6) is 5.75 Å². The molecule has 5 nitrogen and oxygen atoms in total. The van der Waals surface area contributed by atoms with Crippen LogP contribution in [0.25, 0.3) is 0 Å². The number of hydrogen-bond donors (Lipinski definition) is 1. The number of likely N-dealkylation sites (N-methyl/N-ethyl adjacent to an activating group) is 1. The van der Waals surface area contributed by atoms with Gasteiger partial charge in [-0.25, -0.2) is 0 Å². The van der Waals surface area contributed by atoms with Gasteiger partial charge in [0.05, 0.1) is 12.9 Å². The first-order chi connectivity index (χ1) is 13.4. The third-order valence-electron chi connectivity index (χ3n) is 4.33. The lowest BCUT2D eigenvalue weighted by Crippen LogP contribution is -2.47. The van der Waals surface area contributed by atoms with E-state index in [1.54, 1.807) is 38.1 Å². The van der Waals surface area contributed by atoms with Gasteiger partial charge in [-0.05, 0) is 42.3 Å². The second-order valence-electron chi connectivity index (χ2n) is 6.28. The van der Waals surface area contributed by atoms with Crippen LogP contribution in [0.2, 0.25) is 5.02 Å². The summed E-state index contributed by atoms with van der Waals surface area (Å²) >= 11 is 7.46. The van der Waals surface area contributed by atoms with E-state index in [-0.39, 0.29) is 11.8 Å². The number of nitrogens with zero attached hydrogens (tertiary/aromatic N) is 1. The number of thioether (sulfide) groups is 1. The first kappa shape index (κ1) is 22.1. The van der Waals surface area contributed by atoms with Gasteiger partial charge in [0.15, 0.2) is 0 Å². The molecule has 2 aromatic carbocycles. The Balaban J connectivity index is 2.00. The zero-order valence-electron chi connectivity index (χ0n) is 16.3. The van der Waals surface area contributed by atoms with E-state index in [0.29, 0.717) is 23.1 Å². The van der Waals surface area contributed by atoms with Crippen molar-refractivity contribution in [2.45, 2.75) is 25.3 Å². The van der Waals surface area contributed by atoms with Crippen LogP contribution in [-0.2, 0) is 21.9 Å². The van der Waals surface area contributed by atoms with Crippen LogP contribution in [0.15, 0.2) is 48.5 Å². The molecule has 1 atom stereocenters. The largest absolute Gasteiger partial charge is 0.497 e. The molecule has 0 heterocycles. The molecule has 28 heavy (non-hydrogen) atoms. The highest BCUT2D eigenvalue weighted by Gasteiger charge is 2.25. The number of hydrogen-bond acceptors (Lipinski definition) is 4. The van der Waals surface area contributed by atoms with Gasteiger partial charge in [-0.15, -0.1) is 11.8 Å². The third-order valence-corrected chi connectivity index (χ3v) is 5.57. The Morgan fingerprint density at radius 1 is 1.11 bits per heavy atom. The molecule has 1 unspecified atom stereocenters. The van der Waals surface area contributed by atoms with Gasteiger partial charge < -0.3 is 15.0 Å². The van der Waals surface area contributed by atoms with Crippen LogP contribution in [0.4, 0.5) is 0 Å². The average Bonchev–Trinajstić information content (AvgIpc) is 2.72. The van der Waals surface area contributed by atoms with Crippen molar-refractivity contribution in [1.82, 2.24) is 10.2 Å². The van der Waals surface area contributed by atoms with E-state index in [4.69, 9.17) is 16.3 Å². The number of rotatable bonds is 9. The van der Waals surface area contributed by atoms with Crippen molar-refractivity contribution in [2.75, 3.05) is 19.9 Å². The normalized spacial score (nSPS) is 11.6. The molecule has 0 radical (unpaired) electrons. The molecule has 0 bridgehead atoms. The highest BCUT2D eigenvalue weighted by atomic mass is 35.5. The Bertz CT molecular complexity index is 781. The summed E-state index contributed by atoms with van der Waals surface area (Å²) in [5, 5.41) is 3.25. The molecule has 7 heteroatoms. The summed E-state index contributed by atoms with van der Waals surface area (Å²) in [6, 6.07) is 14.5. The van der Waals surface area contributed by atoms with Crippen LogP contribution >= 0.6 is 23.4 Å². The van der Waals surface area contributed by atoms with Crippen LogP contribution in [0.3, 0.4) is 0 Å². The fourth-order valence-electron chi connectivity index (χ4n) is 2.64. The van der Waals surface area contributed by atoms with E-state index in [2.05, 4.69) is 5.32 Å². The molecular formula is C21H25ClN2O3S. The van der Waals surface area contributed by atoms with E-state index in [1.165, 1.54) is 11.8 Å². The summed E-state index contributed by atoms with van der Waals surface area (Å²) < 4.78 is 5.15. The summed E-state index contributed by atoms with van der Waals surface area (Å²) in [7, 11) is 3.20. The molecule has 0 saturated heterocycles. The minimum absolute atomic E-state index is 0.0791. The van der Waals surface area contributed by atoms with Gasteiger partial charge >= 0.3 is 0 Å². The molecule has 1 N–H and O–H groups in total. The number of amides is 2. The van der Waals surface area contributed by atoms with Gasteiger partial charge in [-0.2, -0.15) is 0 Å². The van der Waals surface area contributed by atoms with E-state index in [0.717, 1.165) is 16.9 Å². The minimum atomic E-state index is -0.560. The summed E-state index contributed by atoms with van der Waals surface area (Å²) in [6.45, 7) is 2.09. The standard InChI is InChI=1S/C21H25ClN2O3S/c1-15(21(26)23-2)24(12-16-4-8-18(22)9-5-16)20(25)14-28-13-17-6-10-19(27-3)11-7-17/h4-11,15H,12-14H2,1-3H3,(H,23,26). The first-order valence-corrected chi connectivity index (χ1v) is 10.4. The number of nitrogens with one attached hydrogen (secondary N) is 1. The van der Waals surface area contributed by atoms with Crippen LogP contribution in [0.1, 0.15) is 18.1 Å². The molecule has 0 fully saturated rings. The second-order valence-corrected chi connectivity index (χ2v) is 7.70. The molecule has 0 aromatic heterocycles. The monoisotopic (exact) mass is 420 g/mol. The third kappa shape index (κ3) is 6.46. The van der Waals surface area contributed by atoms with Crippen molar-refractivity contribution in [3.63, 3.8) is 0 Å². The molecule has 2 rings (SSSR count). The van der Waals surface area contributed by atoms with Crippen LogP contribution in [0, 0.1) is 0 Å². The number of carbonyl (C=O) groups excluding carboxylic acids is 2. The van der Waals surface area contributed by atoms with E-state index in [1.807, 2.05) is 36.4 Å². The maximum atomic E-state index is 12.8. The first-order valence-electron chi connectivity index (χ1n) is 8.90. The van der Waals surface area contributed by atoms with Gasteiger partial charge in [0.1, 0.15) is 11.8 Å². The van der Waals surface area contributed by atoms with Gasteiger partial charge in [0.25, 0.3) is 0 Å². The molecule has 0 aliphatic rings. The summed E-state index contributed by atoms with van der Waals surface area (Å²) in [5.41, 5.74) is 2.04. The Morgan fingerprint density at radius 2 is 1.71 bits per heavy atom. The molecule has 0 aliphatic heterocycles. The Labute approximate surface area is 175 Å². The van der Waals surface area contributed by atoms with Gasteiger partial charge in [-0.1, -0.05) is 35.9 Å². The topological polar surface area (TPSA) is 58.6 Å². The number of carbonyl (C=O) groups is 2. The quantitative estimate of drug-likeness (QED) is 0.671. The Kier molecular flexibility index (Phi) is 8.67. The molecule has 0 saturated carbocycles. The van der Waals surface area contributed by atoms with E-state index < -0.39 is 6.04 Å². The minimum Gasteiger partial charge on any atom is -0.497 e. The molecule has 150 valence electrons. The fourth-order valence-corrected chi connectivity index (χ4v) is 3.64. The average molecular weight is 421 g/mol. The summed E-state index contributed by atoms with van der Waals surface area (Å²) in [6.07, 6.45) is 0. The fraction of sp³-hybridized carbons (Fsp3) is 0.333. The lowest BCUT2D eigenvalue weighted by atomic mass is 10.1. The number of methoxy groups -OCH3 is 1. The highest BCUT2D eigenvalue weighted by Crippen LogP contribution is 2.19. The number of ether oxygens (including phenoxy) is 1. The van der Waals surface area contributed by atoms with E-state index in [9.17, 15) is 9.59 Å². The smallest absolute Gasteiger partial charge is 0.242 e. The van der Waals surface area contributed by atoms with Crippen molar-refractivity contribution < 1.29 is 14.3 Å². The number of benzene rings is 2. The van der Waals surface area contributed by atoms with E-state index >= 15 is 0 Å². The van der Waals surface area contributed by atoms with Crippen molar-refractivity contribution in [3.05, 3.63) is 64.7 Å². The van der Waals surface area contributed by atoms with Crippen molar-refractivity contribution in [2.24, 2.45) is 0 Å². The molecule has 0 spiro atoms. The zero-order chi connectivity index (χ0) is 20.5. The maximum absolute atomic E-state index is 12.8. The highest BCUT2D eigenvalue weighted by molar-refractivity contribution is 7.99. The van der Waals surface area contributed by atoms with Crippen molar-refractivity contribution in [3.8, 4) is 5.75 Å². The molecular weight excluding hydrogens is 396 g/mol. The number of halogens is 1. The molecule has 2 amide bonds. The van der Waals surface area contributed by atoms with Crippen molar-refractivity contribution >= 4 is 35.2 Å². The maximum Gasteiger partial charge on any atom is 0.242 e.